The van der Waals surface area contributed by atoms with Crippen molar-refractivity contribution in [3.8, 4) is 23.0 Å². The quantitative estimate of drug-likeness (QED) is 0.388. The molecule has 0 amide bonds. The van der Waals surface area contributed by atoms with Crippen LogP contribution >= 0.6 is 0 Å². The van der Waals surface area contributed by atoms with Gasteiger partial charge in [0.2, 0.25) is 5.88 Å². The molecule has 1 aromatic carbocycles. The zero-order valence-corrected chi connectivity index (χ0v) is 19.2. The van der Waals surface area contributed by atoms with Crippen LogP contribution in [0.5, 0.6) is 5.88 Å². The van der Waals surface area contributed by atoms with Gasteiger partial charge in [-0.25, -0.2) is 14.4 Å². The van der Waals surface area contributed by atoms with Gasteiger partial charge < -0.3 is 14.6 Å². The van der Waals surface area contributed by atoms with E-state index in [2.05, 4.69) is 32.4 Å². The lowest BCUT2D eigenvalue weighted by Crippen LogP contribution is -2.14. The fourth-order valence-corrected chi connectivity index (χ4v) is 3.75. The molecule has 170 valence electrons. The third kappa shape index (κ3) is 4.84. The van der Waals surface area contributed by atoms with Crippen molar-refractivity contribution in [2.45, 2.75) is 39.7 Å². The maximum atomic E-state index is 14.4. The number of benzene rings is 1. The minimum absolute atomic E-state index is 0.189. The number of aryl methyl sites for hydroxylation is 2. The number of methoxy groups -OCH3 is 1. The molecular formula is C25H27FN6O. The number of halogens is 1. The number of anilines is 1. The smallest absolute Gasteiger partial charge is 0.238 e. The molecule has 3 aromatic heterocycles. The van der Waals surface area contributed by atoms with Crippen LogP contribution in [0.2, 0.25) is 0 Å². The van der Waals surface area contributed by atoms with Gasteiger partial charge >= 0.3 is 0 Å². The van der Waals surface area contributed by atoms with Gasteiger partial charge in [-0.05, 0) is 50.1 Å². The highest BCUT2D eigenvalue weighted by molar-refractivity contribution is 5.61. The molecule has 1 N–H and O–H groups in total. The van der Waals surface area contributed by atoms with Crippen LogP contribution in [0.1, 0.15) is 42.6 Å². The summed E-state index contributed by atoms with van der Waals surface area (Å²) in [5, 5.41) is 12.1. The monoisotopic (exact) mass is 446 g/mol. The molecule has 3 heterocycles. The summed E-state index contributed by atoms with van der Waals surface area (Å²) in [7, 11) is 1.58. The maximum absolute atomic E-state index is 14.4. The Morgan fingerprint density at radius 3 is 2.58 bits per heavy atom. The van der Waals surface area contributed by atoms with Crippen LogP contribution in [-0.4, -0.2) is 31.8 Å². The van der Waals surface area contributed by atoms with E-state index in [0.29, 0.717) is 28.6 Å². The van der Waals surface area contributed by atoms with E-state index in [1.807, 2.05) is 48.9 Å². The molecule has 0 saturated heterocycles. The van der Waals surface area contributed by atoms with E-state index in [1.54, 1.807) is 25.6 Å². The second kappa shape index (κ2) is 9.77. The van der Waals surface area contributed by atoms with Gasteiger partial charge in [0.25, 0.3) is 0 Å². The van der Waals surface area contributed by atoms with E-state index in [0.717, 1.165) is 29.8 Å². The highest BCUT2D eigenvalue weighted by Gasteiger charge is 2.18. The van der Waals surface area contributed by atoms with E-state index >= 15 is 0 Å². The Morgan fingerprint density at radius 1 is 1.09 bits per heavy atom. The number of rotatable bonds is 8. The van der Waals surface area contributed by atoms with Gasteiger partial charge in [0.15, 0.2) is 5.82 Å². The number of hydrogen-bond donors (Lipinski definition) is 1. The van der Waals surface area contributed by atoms with Crippen molar-refractivity contribution >= 4 is 5.82 Å². The Bertz CT molecular complexity index is 1260. The fourth-order valence-electron chi connectivity index (χ4n) is 3.75. The molecule has 4 aromatic rings. The molecule has 33 heavy (non-hydrogen) atoms. The molecule has 7 nitrogen and oxygen atoms in total. The summed E-state index contributed by atoms with van der Waals surface area (Å²) >= 11 is 0. The molecule has 0 aliphatic carbocycles. The van der Waals surface area contributed by atoms with Crippen LogP contribution in [0.3, 0.4) is 0 Å². The van der Waals surface area contributed by atoms with Gasteiger partial charge in [-0.2, -0.15) is 0 Å². The lowest BCUT2D eigenvalue weighted by atomic mass is 10.0. The molecule has 1 unspecified atom stereocenters. The van der Waals surface area contributed by atoms with Crippen molar-refractivity contribution < 1.29 is 9.13 Å². The summed E-state index contributed by atoms with van der Waals surface area (Å²) in [4.78, 5) is 8.89. The zero-order valence-electron chi connectivity index (χ0n) is 19.2. The molecule has 0 fully saturated rings. The number of ether oxygens (including phenoxy) is 1. The molecule has 4 rings (SSSR count). The van der Waals surface area contributed by atoms with E-state index in [-0.39, 0.29) is 11.9 Å². The van der Waals surface area contributed by atoms with Crippen molar-refractivity contribution in [1.29, 1.82) is 0 Å². The predicted molar refractivity (Wildman–Crippen MR) is 126 cm³/mol. The summed E-state index contributed by atoms with van der Waals surface area (Å²) in [6, 6.07) is 12.4. The van der Waals surface area contributed by atoms with Gasteiger partial charge in [-0.1, -0.05) is 31.5 Å². The molecule has 0 bridgehead atoms. The summed E-state index contributed by atoms with van der Waals surface area (Å²) in [6.45, 7) is 5.95. The Hall–Kier alpha value is -3.81. The largest absolute Gasteiger partial charge is 0.479 e. The van der Waals surface area contributed by atoms with Crippen molar-refractivity contribution in [3.05, 3.63) is 77.6 Å². The average molecular weight is 447 g/mol. The third-order valence-corrected chi connectivity index (χ3v) is 5.44. The Kier molecular flexibility index (Phi) is 6.63. The first-order valence-electron chi connectivity index (χ1n) is 10.9. The van der Waals surface area contributed by atoms with E-state index < -0.39 is 0 Å². The van der Waals surface area contributed by atoms with E-state index in [9.17, 15) is 4.39 Å². The maximum Gasteiger partial charge on any atom is 0.238 e. The lowest BCUT2D eigenvalue weighted by molar-refractivity contribution is 0.396. The molecule has 8 heteroatoms. The Balaban J connectivity index is 1.61. The van der Waals surface area contributed by atoms with Crippen LogP contribution < -0.4 is 10.1 Å². The van der Waals surface area contributed by atoms with Crippen LogP contribution in [0.15, 0.2) is 55.0 Å². The van der Waals surface area contributed by atoms with Crippen molar-refractivity contribution in [2.75, 3.05) is 12.4 Å². The molecule has 0 saturated carbocycles. The fraction of sp³-hybridized carbons (Fsp3) is 0.280. The lowest BCUT2D eigenvalue weighted by Gasteiger charge is -2.20. The number of nitrogens with one attached hydrogen (secondary N) is 1. The zero-order chi connectivity index (χ0) is 23.4. The molecular weight excluding hydrogens is 419 g/mol. The number of imidazole rings is 1. The van der Waals surface area contributed by atoms with Gasteiger partial charge in [-0.3, -0.25) is 0 Å². The van der Waals surface area contributed by atoms with Crippen molar-refractivity contribution in [1.82, 2.24) is 24.7 Å². The topological polar surface area (TPSA) is 77.8 Å². The van der Waals surface area contributed by atoms with Crippen LogP contribution in [0.25, 0.3) is 17.1 Å². The summed E-state index contributed by atoms with van der Waals surface area (Å²) in [6.07, 6.45) is 5.31. The first-order chi connectivity index (χ1) is 16.0. The summed E-state index contributed by atoms with van der Waals surface area (Å²) in [5.41, 5.74) is 4.49. The molecule has 0 aliphatic rings. The van der Waals surface area contributed by atoms with Gasteiger partial charge in [0.05, 0.1) is 30.9 Å². The second-order valence-corrected chi connectivity index (χ2v) is 7.92. The number of pyridine rings is 1. The summed E-state index contributed by atoms with van der Waals surface area (Å²) in [5.74, 6) is 0.863. The van der Waals surface area contributed by atoms with Gasteiger partial charge in [-0.15, -0.1) is 10.2 Å². The Labute approximate surface area is 192 Å². The van der Waals surface area contributed by atoms with E-state index in [4.69, 9.17) is 4.74 Å². The van der Waals surface area contributed by atoms with Gasteiger partial charge in [0.1, 0.15) is 17.2 Å². The standard InChI is InChI=1S/C25H27FN6O/c1-5-8-20(18-9-6-7-10-19(18)26)28-24-16(2)13-22(30-31-24)21-11-12-23(25(29-21)33-4)32-14-17(3)27-15-32/h6-7,9-15,20H,5,8H2,1-4H3,(H,28,31). The molecule has 0 aliphatic heterocycles. The number of nitrogens with zero attached hydrogens (tertiary/aromatic N) is 5. The first-order valence-corrected chi connectivity index (χ1v) is 10.9. The van der Waals surface area contributed by atoms with Crippen molar-refractivity contribution in [3.63, 3.8) is 0 Å². The molecule has 1 atom stereocenters. The highest BCUT2D eigenvalue weighted by Crippen LogP contribution is 2.29. The average Bonchev–Trinajstić information content (AvgIpc) is 3.26. The SMILES string of the molecule is CCCC(Nc1nnc(-c2ccc(-n3cnc(C)c3)c(OC)n2)cc1C)c1ccccc1F. The van der Waals surface area contributed by atoms with E-state index in [1.165, 1.54) is 6.07 Å². The normalized spacial score (nSPS) is 11.9. The van der Waals surface area contributed by atoms with Crippen LogP contribution in [-0.2, 0) is 0 Å². The minimum Gasteiger partial charge on any atom is -0.479 e. The van der Waals surface area contributed by atoms with Gasteiger partial charge in [0, 0.05) is 11.8 Å². The predicted octanol–water partition coefficient (Wildman–Crippen LogP) is 5.44. The molecule has 0 radical (unpaired) electrons. The van der Waals surface area contributed by atoms with Crippen LogP contribution in [0.4, 0.5) is 10.2 Å². The first kappa shape index (κ1) is 22.4. The Morgan fingerprint density at radius 2 is 1.91 bits per heavy atom. The number of hydrogen-bond acceptors (Lipinski definition) is 6. The molecule has 0 spiro atoms. The third-order valence-electron chi connectivity index (χ3n) is 5.44. The minimum atomic E-state index is -0.227. The summed E-state index contributed by atoms with van der Waals surface area (Å²) < 4.78 is 21.8. The van der Waals surface area contributed by atoms with Crippen molar-refractivity contribution in [2.24, 2.45) is 0 Å². The number of aromatic nitrogens is 5. The highest BCUT2D eigenvalue weighted by atomic mass is 19.1. The van der Waals surface area contributed by atoms with Crippen LogP contribution in [0, 0.1) is 19.7 Å². The second-order valence-electron chi connectivity index (χ2n) is 7.92.